The summed E-state index contributed by atoms with van der Waals surface area (Å²) in [6.45, 7) is 5.52. The maximum atomic E-state index is 12.4. The van der Waals surface area contributed by atoms with Gasteiger partial charge in [-0.2, -0.15) is 11.8 Å². The van der Waals surface area contributed by atoms with Gasteiger partial charge >= 0.3 is 0 Å². The fourth-order valence-electron chi connectivity index (χ4n) is 1.83. The van der Waals surface area contributed by atoms with Crippen molar-refractivity contribution >= 4 is 33.4 Å². The van der Waals surface area contributed by atoms with E-state index in [1.807, 2.05) is 38.3 Å². The molecule has 1 rings (SSSR count). The summed E-state index contributed by atoms with van der Waals surface area (Å²) in [5, 5.41) is 2.79. The number of carbonyl (C=O) groups is 1. The lowest BCUT2D eigenvalue weighted by atomic mass is 10.1. The highest BCUT2D eigenvalue weighted by molar-refractivity contribution is 7.98. The van der Waals surface area contributed by atoms with E-state index in [9.17, 15) is 13.2 Å². The van der Waals surface area contributed by atoms with Gasteiger partial charge in [-0.05, 0) is 62.5 Å². The molecule has 0 bridgehead atoms. The molecule has 1 atom stereocenters. The maximum absolute atomic E-state index is 12.4. The van der Waals surface area contributed by atoms with E-state index in [0.717, 1.165) is 11.1 Å². The van der Waals surface area contributed by atoms with E-state index in [0.29, 0.717) is 17.9 Å². The summed E-state index contributed by atoms with van der Waals surface area (Å²) in [4.78, 5) is 12.4. The highest BCUT2D eigenvalue weighted by Gasteiger charge is 2.23. The molecule has 0 spiro atoms. The van der Waals surface area contributed by atoms with Crippen molar-refractivity contribution in [2.75, 3.05) is 23.1 Å². The van der Waals surface area contributed by atoms with Crippen molar-refractivity contribution in [2.45, 2.75) is 33.2 Å². The van der Waals surface area contributed by atoms with Crippen LogP contribution in [0.4, 0.5) is 5.69 Å². The Balaban J connectivity index is 2.84. The Bertz CT molecular complexity index is 615. The summed E-state index contributed by atoms with van der Waals surface area (Å²) >= 11 is 1.58. The predicted octanol–water partition coefficient (Wildman–Crippen LogP) is 2.30. The molecule has 0 saturated heterocycles. The van der Waals surface area contributed by atoms with Crippen LogP contribution in [-0.4, -0.2) is 38.1 Å². The first kappa shape index (κ1) is 19.0. The fourth-order valence-corrected chi connectivity index (χ4v) is 3.12. The minimum absolute atomic E-state index is 0.0420. The Labute approximate surface area is 137 Å². The van der Waals surface area contributed by atoms with Gasteiger partial charge in [-0.1, -0.05) is 6.07 Å². The smallest absolute Gasteiger partial charge is 0.242 e. The minimum Gasteiger partial charge on any atom is -0.325 e. The van der Waals surface area contributed by atoms with E-state index in [4.69, 9.17) is 0 Å². The number of carbonyl (C=O) groups excluding carboxylic acids is 1. The van der Waals surface area contributed by atoms with Crippen LogP contribution >= 0.6 is 11.8 Å². The first-order valence-corrected chi connectivity index (χ1v) is 10.2. The number of hydrogen-bond donors (Lipinski definition) is 2. The number of amides is 1. The Hall–Kier alpha value is -1.05. The molecule has 0 radical (unpaired) electrons. The molecule has 22 heavy (non-hydrogen) atoms. The van der Waals surface area contributed by atoms with Crippen molar-refractivity contribution in [3.63, 3.8) is 0 Å². The summed E-state index contributed by atoms with van der Waals surface area (Å²) in [6.07, 6.45) is 2.38. The Morgan fingerprint density at radius 3 is 2.50 bits per heavy atom. The summed E-state index contributed by atoms with van der Waals surface area (Å²) in [7, 11) is -3.42. The van der Waals surface area contributed by atoms with Crippen molar-refractivity contribution in [3.05, 3.63) is 29.3 Å². The van der Waals surface area contributed by atoms with Gasteiger partial charge in [0, 0.05) is 5.69 Å². The number of sulfonamides is 1. The molecular weight excluding hydrogens is 320 g/mol. The van der Waals surface area contributed by atoms with Gasteiger partial charge in [0.1, 0.15) is 6.04 Å². The summed E-state index contributed by atoms with van der Waals surface area (Å²) in [5.41, 5.74) is 2.90. The lowest BCUT2D eigenvalue weighted by molar-refractivity contribution is -0.117. The monoisotopic (exact) mass is 344 g/mol. The molecular formula is C15H24N2O3S2. The number of benzene rings is 1. The number of aryl methyl sites for hydroxylation is 2. The third-order valence-corrected chi connectivity index (χ3v) is 5.45. The Kier molecular flexibility index (Phi) is 7.38. The topological polar surface area (TPSA) is 75.3 Å². The molecule has 5 nitrogen and oxygen atoms in total. The summed E-state index contributed by atoms with van der Waals surface area (Å²) in [6, 6.07) is 4.88. The molecule has 1 aromatic carbocycles. The van der Waals surface area contributed by atoms with Crippen LogP contribution in [0.1, 0.15) is 24.5 Å². The van der Waals surface area contributed by atoms with Crippen LogP contribution in [0, 0.1) is 13.8 Å². The molecule has 1 unspecified atom stereocenters. The number of thioether (sulfide) groups is 1. The van der Waals surface area contributed by atoms with Gasteiger partial charge in [0.2, 0.25) is 15.9 Å². The molecule has 0 heterocycles. The Morgan fingerprint density at radius 1 is 1.27 bits per heavy atom. The van der Waals surface area contributed by atoms with Gasteiger partial charge in [0.25, 0.3) is 0 Å². The van der Waals surface area contributed by atoms with Gasteiger partial charge in [-0.3, -0.25) is 4.79 Å². The molecule has 0 aromatic heterocycles. The normalized spacial score (nSPS) is 12.9. The number of hydrogen-bond acceptors (Lipinski definition) is 4. The number of nitrogens with one attached hydrogen (secondary N) is 2. The largest absolute Gasteiger partial charge is 0.325 e. The molecule has 124 valence electrons. The maximum Gasteiger partial charge on any atom is 0.242 e. The van der Waals surface area contributed by atoms with Crippen molar-refractivity contribution in [3.8, 4) is 0 Å². The van der Waals surface area contributed by atoms with Crippen molar-refractivity contribution in [1.29, 1.82) is 0 Å². The lowest BCUT2D eigenvalue weighted by Gasteiger charge is -2.18. The van der Waals surface area contributed by atoms with Crippen LogP contribution in [-0.2, 0) is 14.8 Å². The van der Waals surface area contributed by atoms with Gasteiger partial charge in [-0.15, -0.1) is 0 Å². The quantitative estimate of drug-likeness (QED) is 0.759. The zero-order chi connectivity index (χ0) is 16.8. The minimum atomic E-state index is -3.42. The van der Waals surface area contributed by atoms with Crippen LogP contribution in [0.25, 0.3) is 0 Å². The van der Waals surface area contributed by atoms with Crippen LogP contribution in [0.5, 0.6) is 0 Å². The van der Waals surface area contributed by atoms with Crippen molar-refractivity contribution in [2.24, 2.45) is 0 Å². The second kappa shape index (κ2) is 8.55. The number of anilines is 1. The third kappa shape index (κ3) is 5.98. The van der Waals surface area contributed by atoms with E-state index < -0.39 is 16.1 Å². The molecule has 7 heteroatoms. The molecule has 0 aliphatic heterocycles. The van der Waals surface area contributed by atoms with Gasteiger partial charge in [0.05, 0.1) is 5.75 Å². The third-order valence-electron chi connectivity index (χ3n) is 3.40. The van der Waals surface area contributed by atoms with Crippen LogP contribution in [0.2, 0.25) is 0 Å². The zero-order valence-electron chi connectivity index (χ0n) is 13.5. The van der Waals surface area contributed by atoms with Crippen LogP contribution in [0.3, 0.4) is 0 Å². The van der Waals surface area contributed by atoms with E-state index >= 15 is 0 Å². The molecule has 0 fully saturated rings. The summed E-state index contributed by atoms with van der Waals surface area (Å²) < 4.78 is 25.9. The first-order chi connectivity index (χ1) is 10.3. The highest BCUT2D eigenvalue weighted by atomic mass is 32.2. The van der Waals surface area contributed by atoms with E-state index in [1.165, 1.54) is 0 Å². The van der Waals surface area contributed by atoms with Gasteiger partial charge in [0.15, 0.2) is 0 Å². The summed E-state index contributed by atoms with van der Waals surface area (Å²) in [5.74, 6) is 0.339. The molecule has 1 amide bonds. The van der Waals surface area contributed by atoms with Crippen LogP contribution < -0.4 is 10.0 Å². The Morgan fingerprint density at radius 2 is 1.95 bits per heavy atom. The molecule has 0 aliphatic rings. The molecule has 0 saturated carbocycles. The van der Waals surface area contributed by atoms with E-state index in [-0.39, 0.29) is 11.7 Å². The zero-order valence-corrected chi connectivity index (χ0v) is 15.1. The highest BCUT2D eigenvalue weighted by Crippen LogP contribution is 2.15. The standard InChI is InChI=1S/C15H24N2O3S2/c1-5-22(19,20)17-14(8-9-21-4)15(18)16-13-7-6-11(2)12(3)10-13/h6-7,10,14,17H,5,8-9H2,1-4H3,(H,16,18). The van der Waals surface area contributed by atoms with Crippen molar-refractivity contribution in [1.82, 2.24) is 4.72 Å². The van der Waals surface area contributed by atoms with Crippen LogP contribution in [0.15, 0.2) is 18.2 Å². The second-order valence-electron chi connectivity index (χ2n) is 5.14. The van der Waals surface area contributed by atoms with Gasteiger partial charge < -0.3 is 5.32 Å². The van der Waals surface area contributed by atoms with E-state index in [1.54, 1.807) is 18.7 Å². The first-order valence-electron chi connectivity index (χ1n) is 7.16. The average Bonchev–Trinajstić information content (AvgIpc) is 2.47. The predicted molar refractivity (Wildman–Crippen MR) is 93.9 cm³/mol. The number of rotatable bonds is 8. The SMILES string of the molecule is CCS(=O)(=O)NC(CCSC)C(=O)Nc1ccc(C)c(C)c1. The van der Waals surface area contributed by atoms with Crippen molar-refractivity contribution < 1.29 is 13.2 Å². The van der Waals surface area contributed by atoms with Gasteiger partial charge in [-0.25, -0.2) is 13.1 Å². The molecule has 2 N–H and O–H groups in total. The lowest BCUT2D eigenvalue weighted by Crippen LogP contribution is -2.44. The molecule has 0 aliphatic carbocycles. The van der Waals surface area contributed by atoms with E-state index in [2.05, 4.69) is 10.0 Å². The molecule has 1 aromatic rings. The fraction of sp³-hybridized carbons (Fsp3) is 0.533. The second-order valence-corrected chi connectivity index (χ2v) is 8.17. The average molecular weight is 345 g/mol.